The normalized spacial score (nSPS) is 15.9. The monoisotopic (exact) mass is 171 g/mol. The summed E-state index contributed by atoms with van der Waals surface area (Å²) >= 11 is 0. The lowest BCUT2D eigenvalue weighted by atomic mass is 10.6. The highest BCUT2D eigenvalue weighted by atomic mass is 16.5. The van der Waals surface area contributed by atoms with Crippen molar-refractivity contribution in [3.8, 4) is 0 Å². The van der Waals surface area contributed by atoms with Crippen LogP contribution in [0, 0.1) is 0 Å². The van der Waals surface area contributed by atoms with E-state index in [0.717, 1.165) is 0 Å². The Morgan fingerprint density at radius 2 is 1.92 bits per heavy atom. The summed E-state index contributed by atoms with van der Waals surface area (Å²) in [7, 11) is 1.55. The van der Waals surface area contributed by atoms with E-state index in [9.17, 15) is 9.59 Å². The van der Waals surface area contributed by atoms with Gasteiger partial charge in [-0.25, -0.2) is 0 Å². The maximum atomic E-state index is 10.6. The summed E-state index contributed by atoms with van der Waals surface area (Å²) in [6.07, 6.45) is 0. The maximum absolute atomic E-state index is 10.6. The van der Waals surface area contributed by atoms with Crippen LogP contribution >= 0.6 is 0 Å². The minimum absolute atomic E-state index is 0.196. The zero-order valence-corrected chi connectivity index (χ0v) is 6.59. The Morgan fingerprint density at radius 1 is 1.33 bits per heavy atom. The zero-order valence-electron chi connectivity index (χ0n) is 6.59. The second kappa shape index (κ2) is 3.82. The largest absolute Gasteiger partial charge is 0.383 e. The van der Waals surface area contributed by atoms with E-state index in [0.29, 0.717) is 13.2 Å². The van der Waals surface area contributed by atoms with Crippen LogP contribution in [0.2, 0.25) is 0 Å². The summed E-state index contributed by atoms with van der Waals surface area (Å²) in [4.78, 5) is 25.0. The molecule has 2 N–H and O–H groups in total. The molecular weight excluding hydrogens is 162 g/mol. The molecule has 1 heterocycles. The molecule has 6 nitrogen and oxygen atoms in total. The van der Waals surface area contributed by atoms with Crippen molar-refractivity contribution in [2.75, 3.05) is 20.3 Å². The molecule has 0 aromatic carbocycles. The number of nitrogens with zero attached hydrogens (tertiary/aromatic N) is 1. The van der Waals surface area contributed by atoms with Gasteiger partial charge in [0.05, 0.1) is 13.2 Å². The van der Waals surface area contributed by atoms with E-state index in [1.165, 1.54) is 0 Å². The van der Waals surface area contributed by atoms with Crippen LogP contribution in [0.1, 0.15) is 0 Å². The molecule has 0 unspecified atom stereocenters. The quantitative estimate of drug-likeness (QED) is 0.389. The number of hydrogen-bond donors (Lipinski definition) is 2. The van der Waals surface area contributed by atoms with Gasteiger partial charge in [0, 0.05) is 7.11 Å². The van der Waals surface area contributed by atoms with Crippen LogP contribution in [-0.2, 0) is 14.3 Å². The Hall–Kier alpha value is -1.43. The number of methoxy groups -OCH3 is 1. The Balaban J connectivity index is 2.40. The first-order valence-corrected chi connectivity index (χ1v) is 3.40. The van der Waals surface area contributed by atoms with Crippen molar-refractivity contribution in [2.45, 2.75) is 0 Å². The number of rotatable bonds is 3. The second-order valence-electron chi connectivity index (χ2n) is 2.13. The first-order chi connectivity index (χ1) is 5.74. The van der Waals surface area contributed by atoms with Gasteiger partial charge in [-0.3, -0.25) is 25.2 Å². The lowest BCUT2D eigenvalue weighted by molar-refractivity contribution is -0.135. The fourth-order valence-corrected chi connectivity index (χ4v) is 0.688. The van der Waals surface area contributed by atoms with E-state index in [-0.39, 0.29) is 5.96 Å². The van der Waals surface area contributed by atoms with Crippen LogP contribution in [0.4, 0.5) is 0 Å². The Kier molecular flexibility index (Phi) is 2.76. The van der Waals surface area contributed by atoms with E-state index in [4.69, 9.17) is 4.74 Å². The molecule has 1 aliphatic heterocycles. The summed E-state index contributed by atoms with van der Waals surface area (Å²) < 4.78 is 4.72. The smallest absolute Gasteiger partial charge is 0.316 e. The van der Waals surface area contributed by atoms with Crippen LogP contribution in [0.5, 0.6) is 0 Å². The van der Waals surface area contributed by atoms with Gasteiger partial charge >= 0.3 is 11.8 Å². The van der Waals surface area contributed by atoms with Crippen molar-refractivity contribution >= 4 is 17.8 Å². The molecule has 12 heavy (non-hydrogen) atoms. The Morgan fingerprint density at radius 3 is 2.42 bits per heavy atom. The number of carbonyl (C=O) groups excluding carboxylic acids is 2. The van der Waals surface area contributed by atoms with E-state index < -0.39 is 11.8 Å². The lowest BCUT2D eigenvalue weighted by Gasteiger charge is -1.95. The van der Waals surface area contributed by atoms with Gasteiger partial charge in [-0.2, -0.15) is 0 Å². The fraction of sp³-hybridized carbons (Fsp3) is 0.500. The summed E-state index contributed by atoms with van der Waals surface area (Å²) in [5, 5.41) is 4.51. The van der Waals surface area contributed by atoms with Gasteiger partial charge in [0.15, 0.2) is 0 Å². The molecule has 0 spiro atoms. The molecule has 1 saturated heterocycles. The van der Waals surface area contributed by atoms with Crippen LogP contribution in [0.25, 0.3) is 0 Å². The van der Waals surface area contributed by atoms with Crippen LogP contribution < -0.4 is 10.6 Å². The van der Waals surface area contributed by atoms with E-state index >= 15 is 0 Å². The van der Waals surface area contributed by atoms with Crippen LogP contribution in [0.3, 0.4) is 0 Å². The van der Waals surface area contributed by atoms with Gasteiger partial charge in [-0.05, 0) is 0 Å². The number of ether oxygens (including phenoxy) is 1. The number of guanidine groups is 1. The molecule has 0 saturated carbocycles. The van der Waals surface area contributed by atoms with Crippen molar-refractivity contribution in [2.24, 2.45) is 4.99 Å². The fourth-order valence-electron chi connectivity index (χ4n) is 0.688. The third-order valence-corrected chi connectivity index (χ3v) is 1.24. The molecule has 0 radical (unpaired) electrons. The first-order valence-electron chi connectivity index (χ1n) is 3.40. The van der Waals surface area contributed by atoms with Gasteiger partial charge in [-0.15, -0.1) is 0 Å². The van der Waals surface area contributed by atoms with E-state index in [2.05, 4.69) is 15.6 Å². The van der Waals surface area contributed by atoms with Gasteiger partial charge in [0.1, 0.15) is 0 Å². The summed E-state index contributed by atoms with van der Waals surface area (Å²) in [6, 6.07) is 0. The SMILES string of the molecule is COCCN=C1NC(=O)C(=O)N1. The molecule has 1 rings (SSSR count). The van der Waals surface area contributed by atoms with Gasteiger partial charge in [0.2, 0.25) is 5.96 Å². The van der Waals surface area contributed by atoms with Crippen LogP contribution in [-0.4, -0.2) is 38.0 Å². The molecule has 66 valence electrons. The minimum atomic E-state index is -0.675. The summed E-state index contributed by atoms with van der Waals surface area (Å²) in [6.45, 7) is 0.863. The Labute approximate surface area is 69.0 Å². The molecule has 0 atom stereocenters. The molecule has 0 aromatic rings. The van der Waals surface area contributed by atoms with Crippen molar-refractivity contribution < 1.29 is 14.3 Å². The minimum Gasteiger partial charge on any atom is -0.383 e. The van der Waals surface area contributed by atoms with Gasteiger partial charge in [-0.1, -0.05) is 0 Å². The first kappa shape index (κ1) is 8.66. The zero-order chi connectivity index (χ0) is 8.97. The molecule has 2 amide bonds. The van der Waals surface area contributed by atoms with E-state index in [1.54, 1.807) is 7.11 Å². The highest BCUT2D eigenvalue weighted by molar-refractivity contribution is 6.45. The molecular formula is C6H9N3O3. The third-order valence-electron chi connectivity index (χ3n) is 1.24. The Bertz CT molecular complexity index is 218. The maximum Gasteiger partial charge on any atom is 0.316 e. The molecule has 6 heteroatoms. The average Bonchev–Trinajstić information content (AvgIpc) is 2.32. The summed E-state index contributed by atoms with van der Waals surface area (Å²) in [5.74, 6) is -1.15. The number of nitrogens with one attached hydrogen (secondary N) is 2. The van der Waals surface area contributed by atoms with Crippen molar-refractivity contribution in [3.63, 3.8) is 0 Å². The standard InChI is InChI=1S/C6H9N3O3/c1-12-3-2-7-6-8-4(10)5(11)9-6/h2-3H2,1H3,(H2,7,8,9,10,11). The van der Waals surface area contributed by atoms with Crippen molar-refractivity contribution in [1.29, 1.82) is 0 Å². The second-order valence-corrected chi connectivity index (χ2v) is 2.13. The van der Waals surface area contributed by atoms with Crippen LogP contribution in [0.15, 0.2) is 4.99 Å². The number of amides is 2. The highest BCUT2D eigenvalue weighted by Gasteiger charge is 2.24. The van der Waals surface area contributed by atoms with Gasteiger partial charge < -0.3 is 4.74 Å². The molecule has 0 aliphatic carbocycles. The summed E-state index contributed by atoms with van der Waals surface area (Å²) in [5.41, 5.74) is 0. The molecule has 0 bridgehead atoms. The van der Waals surface area contributed by atoms with Crippen molar-refractivity contribution in [3.05, 3.63) is 0 Å². The van der Waals surface area contributed by atoms with Gasteiger partial charge in [0.25, 0.3) is 0 Å². The lowest BCUT2D eigenvalue weighted by Crippen LogP contribution is -2.26. The molecule has 1 aliphatic rings. The van der Waals surface area contributed by atoms with Crippen molar-refractivity contribution in [1.82, 2.24) is 10.6 Å². The average molecular weight is 171 g/mol. The highest BCUT2D eigenvalue weighted by Crippen LogP contribution is 1.82. The third kappa shape index (κ3) is 2.03. The molecule has 1 fully saturated rings. The number of aliphatic imine (C=N–C) groups is 1. The van der Waals surface area contributed by atoms with E-state index in [1.807, 2.05) is 0 Å². The number of carbonyl (C=O) groups is 2. The number of hydrogen-bond acceptors (Lipinski definition) is 4. The topological polar surface area (TPSA) is 79.8 Å². The predicted octanol–water partition coefficient (Wildman–Crippen LogP) is -1.77. The molecule has 0 aromatic heterocycles. The predicted molar refractivity (Wildman–Crippen MR) is 40.5 cm³/mol.